The first kappa shape index (κ1) is 29.4. The van der Waals surface area contributed by atoms with Gasteiger partial charge in [0.15, 0.2) is 0 Å². The second kappa shape index (κ2) is 14.7. The van der Waals surface area contributed by atoms with E-state index in [9.17, 15) is 9.59 Å². The number of rotatable bonds is 13. The fraction of sp³-hybridized carbons (Fsp3) is 0.724. The van der Waals surface area contributed by atoms with Crippen LogP contribution in [0, 0.1) is 24.7 Å². The van der Waals surface area contributed by atoms with Gasteiger partial charge in [0.25, 0.3) is 5.91 Å². The first-order chi connectivity index (χ1) is 17.8. The third kappa shape index (κ3) is 8.42. The molecule has 0 unspecified atom stereocenters. The predicted octanol–water partition coefficient (Wildman–Crippen LogP) is 3.42. The number of ether oxygens (including phenoxy) is 3. The highest BCUT2D eigenvalue weighted by Crippen LogP contribution is 2.27. The van der Waals surface area contributed by atoms with E-state index < -0.39 is 0 Å². The van der Waals surface area contributed by atoms with E-state index in [4.69, 9.17) is 14.2 Å². The van der Waals surface area contributed by atoms with Crippen LogP contribution in [-0.4, -0.2) is 82.5 Å². The van der Waals surface area contributed by atoms with Crippen LogP contribution in [0.3, 0.4) is 0 Å². The Hall–Kier alpha value is -2.16. The Morgan fingerprint density at radius 2 is 1.81 bits per heavy atom. The van der Waals surface area contributed by atoms with Crippen LogP contribution in [0.25, 0.3) is 0 Å². The topological polar surface area (TPSA) is 89.1 Å². The molecule has 2 amide bonds. The van der Waals surface area contributed by atoms with Crippen LogP contribution in [-0.2, 0) is 14.3 Å². The molecule has 8 heteroatoms. The van der Waals surface area contributed by atoms with Crippen LogP contribution < -0.4 is 15.4 Å². The van der Waals surface area contributed by atoms with Crippen LogP contribution >= 0.6 is 0 Å². The van der Waals surface area contributed by atoms with Crippen molar-refractivity contribution in [2.24, 2.45) is 17.8 Å². The summed E-state index contributed by atoms with van der Waals surface area (Å²) in [5.41, 5.74) is 1.65. The maximum atomic E-state index is 13.6. The van der Waals surface area contributed by atoms with Gasteiger partial charge in [-0.25, -0.2) is 0 Å². The largest absolute Gasteiger partial charge is 0.493 e. The number of nitrogens with one attached hydrogen (secondary N) is 2. The molecule has 2 N–H and O–H groups in total. The highest BCUT2D eigenvalue weighted by Gasteiger charge is 2.33. The average Bonchev–Trinajstić information content (AvgIpc) is 3.35. The summed E-state index contributed by atoms with van der Waals surface area (Å²) in [6.07, 6.45) is 4.77. The zero-order chi connectivity index (χ0) is 26.8. The maximum absolute atomic E-state index is 13.6. The number of hydrogen-bond acceptors (Lipinski definition) is 6. The van der Waals surface area contributed by atoms with E-state index in [0.717, 1.165) is 56.5 Å². The zero-order valence-electron chi connectivity index (χ0n) is 23.4. The number of amides is 2. The number of benzene rings is 1. The molecule has 1 heterocycles. The number of carbonyl (C=O) groups excluding carboxylic acids is 2. The molecule has 8 nitrogen and oxygen atoms in total. The molecule has 1 aliphatic carbocycles. The van der Waals surface area contributed by atoms with Crippen LogP contribution in [0.5, 0.6) is 5.75 Å². The standard InChI is InChI=1S/C29H47N3O5/c1-20(2)32(29(34)23-8-7-21(3)27(15-23)37-14-6-13-35-4)19-25-17-30-16-24(25)18-31-28(33)22-9-11-26(36-5)12-10-22/h7-8,15,20,22,24-26,30H,6,9-14,16-19H2,1-5H3,(H,31,33)/t22?,24-,25-,26?/m0/s1. The lowest BCUT2D eigenvalue weighted by atomic mass is 9.86. The van der Waals surface area contributed by atoms with E-state index >= 15 is 0 Å². The zero-order valence-corrected chi connectivity index (χ0v) is 23.4. The van der Waals surface area contributed by atoms with E-state index in [1.165, 1.54) is 0 Å². The van der Waals surface area contributed by atoms with E-state index in [1.807, 2.05) is 30.0 Å². The number of carbonyl (C=O) groups is 2. The summed E-state index contributed by atoms with van der Waals surface area (Å²) >= 11 is 0. The quantitative estimate of drug-likeness (QED) is 0.390. The molecular weight excluding hydrogens is 470 g/mol. The number of hydrogen-bond donors (Lipinski definition) is 2. The first-order valence-electron chi connectivity index (χ1n) is 13.9. The molecule has 0 radical (unpaired) electrons. The smallest absolute Gasteiger partial charge is 0.254 e. The molecule has 2 atom stereocenters. The Morgan fingerprint density at radius 1 is 1.08 bits per heavy atom. The molecule has 2 aliphatic rings. The molecule has 1 aromatic rings. The molecule has 37 heavy (non-hydrogen) atoms. The summed E-state index contributed by atoms with van der Waals surface area (Å²) in [5, 5.41) is 6.69. The minimum atomic E-state index is 0.0151. The monoisotopic (exact) mass is 517 g/mol. The van der Waals surface area contributed by atoms with Crippen molar-refractivity contribution in [3.8, 4) is 5.75 Å². The van der Waals surface area contributed by atoms with Crippen LogP contribution in [0.15, 0.2) is 18.2 Å². The fourth-order valence-corrected chi connectivity index (χ4v) is 5.40. The lowest BCUT2D eigenvalue weighted by Crippen LogP contribution is -2.44. The highest BCUT2D eigenvalue weighted by molar-refractivity contribution is 5.95. The fourth-order valence-electron chi connectivity index (χ4n) is 5.40. The average molecular weight is 518 g/mol. The summed E-state index contributed by atoms with van der Waals surface area (Å²) < 4.78 is 16.5. The Labute approximate surface area is 222 Å². The van der Waals surface area contributed by atoms with Gasteiger partial charge in [-0.3, -0.25) is 9.59 Å². The second-order valence-electron chi connectivity index (χ2n) is 10.9. The van der Waals surface area contributed by atoms with Gasteiger partial charge in [-0.1, -0.05) is 6.07 Å². The van der Waals surface area contributed by atoms with Gasteiger partial charge in [0, 0.05) is 70.9 Å². The van der Waals surface area contributed by atoms with E-state index in [0.29, 0.717) is 43.9 Å². The van der Waals surface area contributed by atoms with E-state index in [2.05, 4.69) is 24.5 Å². The van der Waals surface area contributed by atoms with Gasteiger partial charge >= 0.3 is 0 Å². The molecule has 1 saturated heterocycles. The minimum absolute atomic E-state index is 0.0151. The van der Waals surface area contributed by atoms with Crippen LogP contribution in [0.1, 0.15) is 61.9 Å². The van der Waals surface area contributed by atoms with Crippen LogP contribution in [0.4, 0.5) is 0 Å². The Balaban J connectivity index is 1.57. The maximum Gasteiger partial charge on any atom is 0.254 e. The molecule has 1 aliphatic heterocycles. The summed E-state index contributed by atoms with van der Waals surface area (Å²) in [5.74, 6) is 1.59. The third-order valence-electron chi connectivity index (χ3n) is 7.90. The second-order valence-corrected chi connectivity index (χ2v) is 10.9. The van der Waals surface area contributed by atoms with Crippen LogP contribution in [0.2, 0.25) is 0 Å². The van der Waals surface area contributed by atoms with Crippen molar-refractivity contribution < 1.29 is 23.8 Å². The first-order valence-corrected chi connectivity index (χ1v) is 13.9. The van der Waals surface area contributed by atoms with Gasteiger partial charge in [0.05, 0.1) is 12.7 Å². The Bertz CT molecular complexity index is 869. The number of nitrogens with zero attached hydrogens (tertiary/aromatic N) is 1. The van der Waals surface area contributed by atoms with Gasteiger partial charge in [0.2, 0.25) is 5.91 Å². The van der Waals surface area contributed by atoms with Gasteiger partial charge in [-0.15, -0.1) is 0 Å². The van der Waals surface area contributed by atoms with E-state index in [1.54, 1.807) is 14.2 Å². The lowest BCUT2D eigenvalue weighted by Gasteiger charge is -2.32. The van der Waals surface area contributed by atoms with Gasteiger partial charge in [0.1, 0.15) is 5.75 Å². The van der Waals surface area contributed by atoms with Gasteiger partial charge < -0.3 is 29.7 Å². The summed E-state index contributed by atoms with van der Waals surface area (Å²) in [7, 11) is 3.43. The molecule has 2 fully saturated rings. The molecule has 0 spiro atoms. The Morgan fingerprint density at radius 3 is 2.49 bits per heavy atom. The van der Waals surface area contributed by atoms with Gasteiger partial charge in [-0.05, 0) is 76.0 Å². The minimum Gasteiger partial charge on any atom is -0.493 e. The summed E-state index contributed by atoms with van der Waals surface area (Å²) in [6, 6.07) is 5.76. The van der Waals surface area contributed by atoms with Crippen molar-refractivity contribution in [3.05, 3.63) is 29.3 Å². The molecule has 208 valence electrons. The normalized spacial score (nSPS) is 23.7. The lowest BCUT2D eigenvalue weighted by molar-refractivity contribution is -0.127. The van der Waals surface area contributed by atoms with Crippen molar-refractivity contribution >= 4 is 11.8 Å². The molecule has 0 bridgehead atoms. The van der Waals surface area contributed by atoms with Crippen molar-refractivity contribution in [2.75, 3.05) is 53.6 Å². The van der Waals surface area contributed by atoms with Crippen molar-refractivity contribution in [3.63, 3.8) is 0 Å². The molecular formula is C29H47N3O5. The summed E-state index contributed by atoms with van der Waals surface area (Å²) in [6.45, 7) is 10.3. The molecule has 0 aromatic heterocycles. The number of aryl methyl sites for hydroxylation is 1. The van der Waals surface area contributed by atoms with Crippen molar-refractivity contribution in [1.29, 1.82) is 0 Å². The van der Waals surface area contributed by atoms with Crippen molar-refractivity contribution in [1.82, 2.24) is 15.5 Å². The number of methoxy groups -OCH3 is 2. The highest BCUT2D eigenvalue weighted by atomic mass is 16.5. The molecule has 1 saturated carbocycles. The van der Waals surface area contributed by atoms with E-state index in [-0.39, 0.29) is 29.7 Å². The van der Waals surface area contributed by atoms with Gasteiger partial charge in [-0.2, -0.15) is 0 Å². The Kier molecular flexibility index (Phi) is 11.7. The SMILES string of the molecule is COCCCOc1cc(C(=O)N(C[C@@H]2CNC[C@H]2CNC(=O)C2CCC(OC)CC2)C(C)C)ccc1C. The van der Waals surface area contributed by atoms with Crippen molar-refractivity contribution in [2.45, 2.75) is 65.0 Å². The molecule has 3 rings (SSSR count). The predicted molar refractivity (Wildman–Crippen MR) is 145 cm³/mol. The molecule has 1 aromatic carbocycles. The third-order valence-corrected chi connectivity index (χ3v) is 7.90. The summed E-state index contributed by atoms with van der Waals surface area (Å²) in [4.78, 5) is 28.3.